The summed E-state index contributed by atoms with van der Waals surface area (Å²) in [4.78, 5) is 12.7. The van der Waals surface area contributed by atoms with Crippen LogP contribution in [0.25, 0.3) is 0 Å². The third kappa shape index (κ3) is 3.04. The van der Waals surface area contributed by atoms with E-state index in [0.717, 1.165) is 6.20 Å². The zero-order valence-electron chi connectivity index (χ0n) is 7.66. The molecule has 0 unspecified atom stereocenters. The summed E-state index contributed by atoms with van der Waals surface area (Å²) >= 11 is 2.71. The van der Waals surface area contributed by atoms with Gasteiger partial charge >= 0.3 is 12.0 Å². The highest BCUT2D eigenvalue weighted by atomic mass is 79.9. The van der Waals surface area contributed by atoms with E-state index in [4.69, 9.17) is 5.26 Å². The van der Waals surface area contributed by atoms with Gasteiger partial charge in [0.1, 0.15) is 10.5 Å². The molecule has 10 heteroatoms. The molecular formula is C7HBrF3N3O3. The van der Waals surface area contributed by atoms with Crippen LogP contribution in [0.1, 0.15) is 5.56 Å². The minimum atomic E-state index is -5.08. The van der Waals surface area contributed by atoms with E-state index in [1.807, 2.05) is 0 Å². The number of nitro groups is 1. The summed E-state index contributed by atoms with van der Waals surface area (Å²) in [5, 5.41) is 19.2. The maximum Gasteiger partial charge on any atom is 0.574 e. The van der Waals surface area contributed by atoms with Gasteiger partial charge in [0, 0.05) is 0 Å². The SMILES string of the molecule is N#Cc1c(OC(F)(F)F)ncc(Br)c1[N+](=O)[O-]. The van der Waals surface area contributed by atoms with Gasteiger partial charge in [0.05, 0.1) is 11.1 Å². The number of hydrogen-bond acceptors (Lipinski definition) is 5. The van der Waals surface area contributed by atoms with Crippen molar-refractivity contribution in [3.63, 3.8) is 0 Å². The Hall–Kier alpha value is -1.89. The number of aromatic nitrogens is 1. The number of pyridine rings is 1. The van der Waals surface area contributed by atoms with Gasteiger partial charge in [-0.15, -0.1) is 13.2 Å². The van der Waals surface area contributed by atoms with E-state index >= 15 is 0 Å². The zero-order valence-corrected chi connectivity index (χ0v) is 9.24. The fraction of sp³-hybridized carbons (Fsp3) is 0.143. The Morgan fingerprint density at radius 1 is 1.59 bits per heavy atom. The second-order valence-corrected chi connectivity index (χ2v) is 3.41. The number of ether oxygens (including phenoxy) is 1. The number of halogens is 4. The van der Waals surface area contributed by atoms with Crippen molar-refractivity contribution in [3.05, 3.63) is 26.3 Å². The molecule has 1 aromatic rings. The molecule has 0 aliphatic rings. The normalized spacial score (nSPS) is 10.8. The monoisotopic (exact) mass is 311 g/mol. The van der Waals surface area contributed by atoms with Gasteiger partial charge in [0.2, 0.25) is 5.88 Å². The quantitative estimate of drug-likeness (QED) is 0.618. The standard InChI is InChI=1S/C7HBrF3N3O3/c8-4-2-13-6(17-7(9,10)11)3(1-12)5(4)14(15)16/h2H. The van der Waals surface area contributed by atoms with Gasteiger partial charge < -0.3 is 4.74 Å². The highest BCUT2D eigenvalue weighted by molar-refractivity contribution is 9.10. The van der Waals surface area contributed by atoms with Gasteiger partial charge in [-0.05, 0) is 15.9 Å². The molecule has 90 valence electrons. The second-order valence-electron chi connectivity index (χ2n) is 2.55. The van der Waals surface area contributed by atoms with Crippen LogP contribution < -0.4 is 4.74 Å². The fourth-order valence-electron chi connectivity index (χ4n) is 0.928. The van der Waals surface area contributed by atoms with E-state index in [-0.39, 0.29) is 4.47 Å². The van der Waals surface area contributed by atoms with E-state index in [1.54, 1.807) is 0 Å². The molecule has 0 saturated carbocycles. The smallest absolute Gasteiger partial charge is 0.386 e. The molecule has 17 heavy (non-hydrogen) atoms. The van der Waals surface area contributed by atoms with Crippen LogP contribution in [0.2, 0.25) is 0 Å². The highest BCUT2D eigenvalue weighted by Crippen LogP contribution is 2.34. The lowest BCUT2D eigenvalue weighted by atomic mass is 10.2. The summed E-state index contributed by atoms with van der Waals surface area (Å²) in [6.45, 7) is 0. The first-order valence-electron chi connectivity index (χ1n) is 3.75. The van der Waals surface area contributed by atoms with Crippen molar-refractivity contribution in [2.24, 2.45) is 0 Å². The lowest BCUT2D eigenvalue weighted by Crippen LogP contribution is -2.19. The molecule has 1 rings (SSSR count). The number of alkyl halides is 3. The van der Waals surface area contributed by atoms with Crippen molar-refractivity contribution >= 4 is 21.6 Å². The van der Waals surface area contributed by atoms with Crippen molar-refractivity contribution in [1.29, 1.82) is 5.26 Å². The summed E-state index contributed by atoms with van der Waals surface area (Å²) in [5.41, 5.74) is -1.73. The molecule has 0 N–H and O–H groups in total. The molecule has 0 aromatic carbocycles. The van der Waals surface area contributed by atoms with Gasteiger partial charge in [-0.1, -0.05) is 0 Å². The Labute approximate surface area is 99.9 Å². The molecule has 0 aliphatic heterocycles. The molecule has 0 fully saturated rings. The van der Waals surface area contributed by atoms with Crippen LogP contribution in [0.15, 0.2) is 10.7 Å². The van der Waals surface area contributed by atoms with Crippen LogP contribution in [0.5, 0.6) is 5.88 Å². The molecule has 1 heterocycles. The van der Waals surface area contributed by atoms with E-state index in [2.05, 4.69) is 25.7 Å². The predicted octanol–water partition coefficient (Wildman–Crippen LogP) is 2.52. The third-order valence-corrected chi connectivity index (χ3v) is 2.06. The third-order valence-electron chi connectivity index (χ3n) is 1.48. The largest absolute Gasteiger partial charge is 0.574 e. The summed E-state index contributed by atoms with van der Waals surface area (Å²) in [6.07, 6.45) is -4.33. The number of rotatable bonds is 2. The second kappa shape index (κ2) is 4.54. The molecule has 0 spiro atoms. The number of nitrogens with zero attached hydrogens (tertiary/aromatic N) is 3. The zero-order chi connectivity index (χ0) is 13.2. The molecule has 0 aliphatic carbocycles. The van der Waals surface area contributed by atoms with Gasteiger partial charge in [0.25, 0.3) is 0 Å². The molecule has 1 aromatic heterocycles. The van der Waals surface area contributed by atoms with Crippen molar-refractivity contribution < 1.29 is 22.8 Å². The Kier molecular flexibility index (Phi) is 3.52. The lowest BCUT2D eigenvalue weighted by Gasteiger charge is -2.09. The van der Waals surface area contributed by atoms with Crippen LogP contribution in [0, 0.1) is 21.4 Å². The molecule has 0 bridgehead atoms. The van der Waals surface area contributed by atoms with Gasteiger partial charge in [0.15, 0.2) is 5.56 Å². The van der Waals surface area contributed by atoms with Crippen LogP contribution in [-0.2, 0) is 0 Å². The predicted molar refractivity (Wildman–Crippen MR) is 50.0 cm³/mol. The van der Waals surface area contributed by atoms with Crippen LogP contribution in [0.3, 0.4) is 0 Å². The fourth-order valence-corrected chi connectivity index (χ4v) is 1.37. The van der Waals surface area contributed by atoms with E-state index in [0.29, 0.717) is 0 Å². The first-order valence-corrected chi connectivity index (χ1v) is 4.54. The minimum absolute atomic E-state index is 0.214. The molecule has 0 atom stereocenters. The average Bonchev–Trinajstić information content (AvgIpc) is 2.17. The molecular weight excluding hydrogens is 311 g/mol. The Morgan fingerprint density at radius 2 is 2.18 bits per heavy atom. The maximum atomic E-state index is 11.9. The van der Waals surface area contributed by atoms with E-state index in [1.165, 1.54) is 6.07 Å². The number of nitriles is 1. The van der Waals surface area contributed by atoms with Gasteiger partial charge in [-0.25, -0.2) is 4.98 Å². The maximum absolute atomic E-state index is 11.9. The first kappa shape index (κ1) is 13.2. The van der Waals surface area contributed by atoms with Crippen LogP contribution in [0.4, 0.5) is 18.9 Å². The molecule has 6 nitrogen and oxygen atoms in total. The van der Waals surface area contributed by atoms with Crippen molar-refractivity contribution in [2.45, 2.75) is 6.36 Å². The summed E-state index contributed by atoms with van der Waals surface area (Å²) in [7, 11) is 0. The van der Waals surface area contributed by atoms with Crippen LogP contribution in [-0.4, -0.2) is 16.3 Å². The summed E-state index contributed by atoms with van der Waals surface area (Å²) < 4.78 is 39.0. The van der Waals surface area contributed by atoms with Crippen molar-refractivity contribution in [1.82, 2.24) is 4.98 Å². The Bertz CT molecular complexity index is 512. The van der Waals surface area contributed by atoms with Crippen molar-refractivity contribution in [3.8, 4) is 11.9 Å². The highest BCUT2D eigenvalue weighted by Gasteiger charge is 2.35. The minimum Gasteiger partial charge on any atom is -0.386 e. The van der Waals surface area contributed by atoms with Crippen LogP contribution >= 0.6 is 15.9 Å². The molecule has 0 radical (unpaired) electrons. The summed E-state index contributed by atoms with van der Waals surface area (Å²) in [5.74, 6) is -1.16. The molecule has 0 saturated heterocycles. The molecule has 0 amide bonds. The number of hydrogen-bond donors (Lipinski definition) is 0. The first-order chi connectivity index (χ1) is 7.76. The Balaban J connectivity index is 3.40. The van der Waals surface area contributed by atoms with Gasteiger partial charge in [-0.3, -0.25) is 10.1 Å². The van der Waals surface area contributed by atoms with E-state index < -0.39 is 28.4 Å². The topological polar surface area (TPSA) is 89.0 Å². The lowest BCUT2D eigenvalue weighted by molar-refractivity contribution is -0.386. The Morgan fingerprint density at radius 3 is 2.59 bits per heavy atom. The average molecular weight is 312 g/mol. The van der Waals surface area contributed by atoms with E-state index in [9.17, 15) is 23.3 Å². The summed E-state index contributed by atoms with van der Waals surface area (Å²) in [6, 6.07) is 1.25. The van der Waals surface area contributed by atoms with Crippen molar-refractivity contribution in [2.75, 3.05) is 0 Å². The van der Waals surface area contributed by atoms with Gasteiger partial charge in [-0.2, -0.15) is 5.26 Å².